The highest BCUT2D eigenvalue weighted by atomic mass is 16.5. The summed E-state index contributed by atoms with van der Waals surface area (Å²) < 4.78 is 10.9. The first kappa shape index (κ1) is 13.7. The molecule has 23 heavy (non-hydrogen) atoms. The Labute approximate surface area is 133 Å². The van der Waals surface area contributed by atoms with Crippen LogP contribution in [0.3, 0.4) is 0 Å². The number of oxazole rings is 1. The Bertz CT molecular complexity index is 1010. The van der Waals surface area contributed by atoms with Crippen molar-refractivity contribution in [1.29, 1.82) is 0 Å². The zero-order valence-corrected chi connectivity index (χ0v) is 13.1. The van der Waals surface area contributed by atoms with Gasteiger partial charge < -0.3 is 8.94 Å². The Balaban J connectivity index is 1.76. The quantitative estimate of drug-likeness (QED) is 0.546. The Morgan fingerprint density at radius 3 is 2.61 bits per heavy atom. The zero-order chi connectivity index (χ0) is 16.0. The molecule has 0 N–H and O–H groups in total. The van der Waals surface area contributed by atoms with Crippen molar-refractivity contribution in [2.24, 2.45) is 0 Å². The van der Waals surface area contributed by atoms with Gasteiger partial charge in [0.15, 0.2) is 11.5 Å². The minimum absolute atomic E-state index is 0.522. The van der Waals surface area contributed by atoms with Crippen LogP contribution in [0.5, 0.6) is 0 Å². The molecule has 0 bridgehead atoms. The van der Waals surface area contributed by atoms with E-state index in [1.165, 1.54) is 5.56 Å². The largest absolute Gasteiger partial charge is 0.441 e. The average molecular weight is 305 g/mol. The molecule has 114 valence electrons. The minimum atomic E-state index is 0.522. The van der Waals surface area contributed by atoms with E-state index in [1.54, 1.807) is 0 Å². The van der Waals surface area contributed by atoms with Crippen LogP contribution in [0.1, 0.15) is 17.0 Å². The molecule has 0 atom stereocenters. The third-order valence-electron chi connectivity index (χ3n) is 3.79. The molecule has 0 saturated carbocycles. The highest BCUT2D eigenvalue weighted by Gasteiger charge is 2.14. The van der Waals surface area contributed by atoms with Crippen molar-refractivity contribution in [2.45, 2.75) is 20.8 Å². The minimum Gasteiger partial charge on any atom is -0.441 e. The van der Waals surface area contributed by atoms with Crippen LogP contribution in [0.25, 0.3) is 33.9 Å². The van der Waals surface area contributed by atoms with Gasteiger partial charge in [-0.2, -0.15) is 4.98 Å². The standard InChI is InChI=1S/C18H15N3O2/c1-10-4-6-14(11(2)8-10)18-20-17(21-23-18)13-5-7-16-15(9-13)19-12(3)22-16/h4-9H,1-3H3. The predicted molar refractivity (Wildman–Crippen MR) is 86.9 cm³/mol. The molecule has 0 unspecified atom stereocenters. The number of aromatic nitrogens is 3. The van der Waals surface area contributed by atoms with Gasteiger partial charge in [-0.05, 0) is 43.7 Å². The van der Waals surface area contributed by atoms with E-state index in [2.05, 4.69) is 28.1 Å². The Kier molecular flexibility index (Phi) is 3.01. The molecular weight excluding hydrogens is 290 g/mol. The van der Waals surface area contributed by atoms with Crippen molar-refractivity contribution in [1.82, 2.24) is 15.1 Å². The summed E-state index contributed by atoms with van der Waals surface area (Å²) in [5.41, 5.74) is 5.67. The number of benzene rings is 2. The molecule has 0 aliphatic heterocycles. The average Bonchev–Trinajstić information content (AvgIpc) is 3.11. The second kappa shape index (κ2) is 5.05. The van der Waals surface area contributed by atoms with E-state index >= 15 is 0 Å². The highest BCUT2D eigenvalue weighted by molar-refractivity contribution is 5.78. The molecule has 0 amide bonds. The van der Waals surface area contributed by atoms with Gasteiger partial charge >= 0.3 is 0 Å². The van der Waals surface area contributed by atoms with Crippen molar-refractivity contribution >= 4 is 11.1 Å². The van der Waals surface area contributed by atoms with Gasteiger partial charge in [-0.3, -0.25) is 0 Å². The Morgan fingerprint density at radius 2 is 1.78 bits per heavy atom. The molecule has 0 aliphatic rings. The molecule has 4 aromatic rings. The maximum Gasteiger partial charge on any atom is 0.258 e. The number of aryl methyl sites for hydroxylation is 3. The maximum atomic E-state index is 5.48. The van der Waals surface area contributed by atoms with Crippen LogP contribution >= 0.6 is 0 Å². The van der Waals surface area contributed by atoms with Gasteiger partial charge in [0, 0.05) is 18.1 Å². The fourth-order valence-corrected chi connectivity index (χ4v) is 2.69. The van der Waals surface area contributed by atoms with Crippen molar-refractivity contribution < 1.29 is 8.94 Å². The van der Waals surface area contributed by atoms with Gasteiger partial charge in [-0.15, -0.1) is 0 Å². The van der Waals surface area contributed by atoms with E-state index in [1.807, 2.05) is 44.2 Å². The lowest BCUT2D eigenvalue weighted by Crippen LogP contribution is -1.85. The van der Waals surface area contributed by atoms with Gasteiger partial charge in [0.1, 0.15) is 5.52 Å². The second-order valence-corrected chi connectivity index (χ2v) is 5.66. The Morgan fingerprint density at radius 1 is 0.913 bits per heavy atom. The maximum absolute atomic E-state index is 5.48. The van der Waals surface area contributed by atoms with Gasteiger partial charge in [0.2, 0.25) is 5.82 Å². The number of rotatable bonds is 2. The summed E-state index contributed by atoms with van der Waals surface area (Å²) in [4.78, 5) is 8.85. The molecule has 2 heterocycles. The van der Waals surface area contributed by atoms with Crippen molar-refractivity contribution in [3.63, 3.8) is 0 Å². The number of nitrogens with zero attached hydrogens (tertiary/aromatic N) is 3. The lowest BCUT2D eigenvalue weighted by Gasteiger charge is -2.01. The van der Waals surface area contributed by atoms with Crippen molar-refractivity contribution in [3.8, 4) is 22.8 Å². The van der Waals surface area contributed by atoms with Crippen LogP contribution in [0.15, 0.2) is 45.3 Å². The molecule has 0 aliphatic carbocycles. The normalized spacial score (nSPS) is 11.3. The number of hydrogen-bond donors (Lipinski definition) is 0. The highest BCUT2D eigenvalue weighted by Crippen LogP contribution is 2.27. The number of fused-ring (bicyclic) bond motifs is 1. The molecule has 0 saturated heterocycles. The SMILES string of the molecule is Cc1ccc(-c2nc(-c3ccc4oc(C)nc4c3)no2)c(C)c1. The Hall–Kier alpha value is -2.95. The fourth-order valence-electron chi connectivity index (χ4n) is 2.69. The number of hydrogen-bond acceptors (Lipinski definition) is 5. The van der Waals surface area contributed by atoms with Crippen LogP contribution < -0.4 is 0 Å². The second-order valence-electron chi connectivity index (χ2n) is 5.66. The first-order valence-electron chi connectivity index (χ1n) is 7.39. The lowest BCUT2D eigenvalue weighted by molar-refractivity contribution is 0.432. The van der Waals surface area contributed by atoms with Crippen LogP contribution in [-0.2, 0) is 0 Å². The predicted octanol–water partition coefficient (Wildman–Crippen LogP) is 4.47. The lowest BCUT2D eigenvalue weighted by atomic mass is 10.1. The molecule has 2 aromatic heterocycles. The van der Waals surface area contributed by atoms with Gasteiger partial charge in [0.05, 0.1) is 0 Å². The topological polar surface area (TPSA) is 65.0 Å². The van der Waals surface area contributed by atoms with Crippen LogP contribution in [-0.4, -0.2) is 15.1 Å². The molecule has 0 spiro atoms. The summed E-state index contributed by atoms with van der Waals surface area (Å²) in [6.45, 7) is 5.92. The van der Waals surface area contributed by atoms with E-state index in [0.717, 1.165) is 27.8 Å². The van der Waals surface area contributed by atoms with Crippen LogP contribution in [0.2, 0.25) is 0 Å². The summed E-state index contributed by atoms with van der Waals surface area (Å²) in [7, 11) is 0. The summed E-state index contributed by atoms with van der Waals surface area (Å²) >= 11 is 0. The van der Waals surface area contributed by atoms with Crippen molar-refractivity contribution in [3.05, 3.63) is 53.4 Å². The summed E-state index contributed by atoms with van der Waals surface area (Å²) in [6.07, 6.45) is 0. The van der Waals surface area contributed by atoms with E-state index in [9.17, 15) is 0 Å². The smallest absolute Gasteiger partial charge is 0.258 e. The molecule has 4 rings (SSSR count). The monoisotopic (exact) mass is 305 g/mol. The molecular formula is C18H15N3O2. The molecule has 0 fully saturated rings. The van der Waals surface area contributed by atoms with Gasteiger partial charge in [-0.25, -0.2) is 4.98 Å². The van der Waals surface area contributed by atoms with E-state index in [-0.39, 0.29) is 0 Å². The summed E-state index contributed by atoms with van der Waals surface area (Å²) in [5.74, 6) is 1.71. The zero-order valence-electron chi connectivity index (χ0n) is 13.1. The van der Waals surface area contributed by atoms with Crippen LogP contribution in [0.4, 0.5) is 0 Å². The van der Waals surface area contributed by atoms with Crippen LogP contribution in [0, 0.1) is 20.8 Å². The van der Waals surface area contributed by atoms with Gasteiger partial charge in [0.25, 0.3) is 5.89 Å². The molecule has 2 aromatic carbocycles. The van der Waals surface area contributed by atoms with E-state index in [4.69, 9.17) is 8.94 Å². The first-order chi connectivity index (χ1) is 11.1. The summed E-state index contributed by atoms with van der Waals surface area (Å²) in [6, 6.07) is 11.8. The molecule has 0 radical (unpaired) electrons. The third-order valence-corrected chi connectivity index (χ3v) is 3.79. The molecule has 5 nitrogen and oxygen atoms in total. The third kappa shape index (κ3) is 2.40. The van der Waals surface area contributed by atoms with E-state index in [0.29, 0.717) is 17.6 Å². The van der Waals surface area contributed by atoms with Crippen molar-refractivity contribution in [2.75, 3.05) is 0 Å². The molecule has 5 heteroatoms. The first-order valence-corrected chi connectivity index (χ1v) is 7.39. The summed E-state index contributed by atoms with van der Waals surface area (Å²) in [5, 5.41) is 4.10. The fraction of sp³-hybridized carbons (Fsp3) is 0.167. The van der Waals surface area contributed by atoms with Gasteiger partial charge in [-0.1, -0.05) is 22.9 Å². The van der Waals surface area contributed by atoms with E-state index < -0.39 is 0 Å².